The lowest BCUT2D eigenvalue weighted by Gasteiger charge is -2.34. The molecule has 1 amide bonds. The lowest BCUT2D eigenvalue weighted by atomic mass is 9.78. The van der Waals surface area contributed by atoms with E-state index in [0.717, 1.165) is 6.42 Å². The topological polar surface area (TPSA) is 29.1 Å². The highest BCUT2D eigenvalue weighted by Crippen LogP contribution is 2.29. The van der Waals surface area contributed by atoms with Crippen LogP contribution in [-0.4, -0.2) is 17.3 Å². The molecule has 1 N–H and O–H groups in total. The van der Waals surface area contributed by atoms with Gasteiger partial charge < -0.3 is 5.32 Å². The van der Waals surface area contributed by atoms with Gasteiger partial charge in [-0.05, 0) is 25.2 Å². The molecule has 82 valence electrons. The van der Waals surface area contributed by atoms with E-state index < -0.39 is 5.38 Å². The number of hydrogen-bond acceptors (Lipinski definition) is 1. The smallest absolute Gasteiger partial charge is 0.237 e. The van der Waals surface area contributed by atoms with Crippen LogP contribution in [-0.2, 0) is 4.79 Å². The Labute approximate surface area is 91.4 Å². The molecule has 0 aromatic rings. The first-order chi connectivity index (χ1) is 6.52. The second kappa shape index (κ2) is 5.01. The monoisotopic (exact) mass is 217 g/mol. The average Bonchev–Trinajstić information content (AvgIpc) is 2.12. The van der Waals surface area contributed by atoms with Crippen molar-refractivity contribution < 1.29 is 4.79 Å². The number of nitrogens with one attached hydrogen (secondary N) is 1. The molecule has 0 aliphatic heterocycles. The summed E-state index contributed by atoms with van der Waals surface area (Å²) in [5.41, 5.74) is 0. The van der Waals surface area contributed by atoms with Crippen molar-refractivity contribution in [3.8, 4) is 0 Å². The molecule has 3 heteroatoms. The minimum Gasteiger partial charge on any atom is -0.352 e. The maximum absolute atomic E-state index is 11.4. The Kier molecular flexibility index (Phi) is 4.24. The van der Waals surface area contributed by atoms with Crippen molar-refractivity contribution in [2.75, 3.05) is 0 Å². The van der Waals surface area contributed by atoms with E-state index in [1.54, 1.807) is 6.92 Å². The molecular weight excluding hydrogens is 198 g/mol. The van der Waals surface area contributed by atoms with Crippen LogP contribution in [0.25, 0.3) is 0 Å². The first kappa shape index (κ1) is 11.8. The van der Waals surface area contributed by atoms with Gasteiger partial charge in [-0.25, -0.2) is 0 Å². The van der Waals surface area contributed by atoms with E-state index in [1.165, 1.54) is 12.8 Å². The maximum Gasteiger partial charge on any atom is 0.237 e. The second-order valence-electron chi connectivity index (χ2n) is 4.50. The predicted molar refractivity (Wildman–Crippen MR) is 59.4 cm³/mol. The fourth-order valence-electron chi connectivity index (χ4n) is 2.08. The Bertz CT molecular complexity index is 205. The summed E-state index contributed by atoms with van der Waals surface area (Å²) >= 11 is 5.72. The van der Waals surface area contributed by atoms with Crippen LogP contribution in [0.15, 0.2) is 0 Å². The minimum absolute atomic E-state index is 0.0300. The number of amides is 1. The molecule has 0 bridgehead atoms. The van der Waals surface area contributed by atoms with Crippen LogP contribution in [0.5, 0.6) is 0 Å². The van der Waals surface area contributed by atoms with Crippen LogP contribution in [0.1, 0.15) is 40.0 Å². The lowest BCUT2D eigenvalue weighted by Crippen LogP contribution is -2.45. The van der Waals surface area contributed by atoms with Gasteiger partial charge in [0.1, 0.15) is 5.38 Å². The molecule has 1 saturated carbocycles. The van der Waals surface area contributed by atoms with E-state index >= 15 is 0 Å². The van der Waals surface area contributed by atoms with Crippen LogP contribution >= 0.6 is 11.6 Å². The lowest BCUT2D eigenvalue weighted by molar-refractivity contribution is -0.121. The van der Waals surface area contributed by atoms with Crippen molar-refractivity contribution >= 4 is 17.5 Å². The molecule has 0 saturated heterocycles. The third-order valence-electron chi connectivity index (χ3n) is 3.40. The van der Waals surface area contributed by atoms with Gasteiger partial charge in [0.15, 0.2) is 0 Å². The fourth-order valence-corrected chi connectivity index (χ4v) is 2.15. The van der Waals surface area contributed by atoms with Crippen molar-refractivity contribution in [1.29, 1.82) is 0 Å². The van der Waals surface area contributed by atoms with Gasteiger partial charge in [-0.2, -0.15) is 0 Å². The quantitative estimate of drug-likeness (QED) is 0.708. The summed E-state index contributed by atoms with van der Waals surface area (Å²) in [6.45, 7) is 6.19. The number of hydrogen-bond donors (Lipinski definition) is 1. The average molecular weight is 218 g/mol. The molecule has 0 spiro atoms. The van der Waals surface area contributed by atoms with Crippen LogP contribution in [0.4, 0.5) is 0 Å². The summed E-state index contributed by atoms with van der Waals surface area (Å²) in [6, 6.07) is 0.326. The van der Waals surface area contributed by atoms with Crippen molar-refractivity contribution in [2.24, 2.45) is 11.8 Å². The zero-order chi connectivity index (χ0) is 10.7. The third-order valence-corrected chi connectivity index (χ3v) is 3.59. The molecule has 0 heterocycles. The molecule has 1 fully saturated rings. The standard InChI is InChI=1S/C11H20ClNO/c1-7-5-4-6-10(8(7)2)13-11(14)9(3)12/h7-10H,4-6H2,1-3H3,(H,13,14)/t7-,8+,9-,10-/m1/s1. The number of rotatable bonds is 2. The van der Waals surface area contributed by atoms with E-state index in [0.29, 0.717) is 17.9 Å². The molecule has 0 unspecified atom stereocenters. The molecular formula is C11H20ClNO. The molecule has 1 aliphatic carbocycles. The van der Waals surface area contributed by atoms with Crippen molar-refractivity contribution in [2.45, 2.75) is 51.5 Å². The maximum atomic E-state index is 11.4. The summed E-state index contributed by atoms with van der Waals surface area (Å²) in [7, 11) is 0. The van der Waals surface area contributed by atoms with Crippen molar-refractivity contribution in [3.63, 3.8) is 0 Å². The molecule has 4 atom stereocenters. The normalized spacial score (nSPS) is 35.0. The second-order valence-corrected chi connectivity index (χ2v) is 5.15. The number of halogens is 1. The number of alkyl halides is 1. The molecule has 0 aromatic carbocycles. The van der Waals surface area contributed by atoms with Gasteiger partial charge in [-0.15, -0.1) is 11.6 Å². The van der Waals surface area contributed by atoms with E-state index in [2.05, 4.69) is 19.2 Å². The van der Waals surface area contributed by atoms with Gasteiger partial charge in [0.2, 0.25) is 5.91 Å². The molecule has 1 rings (SSSR count). The van der Waals surface area contributed by atoms with Crippen LogP contribution in [0.2, 0.25) is 0 Å². The molecule has 1 aliphatic rings. The summed E-state index contributed by atoms with van der Waals surface area (Å²) in [5.74, 6) is 1.25. The first-order valence-corrected chi connectivity index (χ1v) is 5.90. The van der Waals surface area contributed by atoms with Gasteiger partial charge in [0.05, 0.1) is 0 Å². The molecule has 2 nitrogen and oxygen atoms in total. The Morgan fingerprint density at radius 2 is 2.07 bits per heavy atom. The summed E-state index contributed by atoms with van der Waals surface area (Å²) in [5, 5.41) is 2.61. The highest BCUT2D eigenvalue weighted by Gasteiger charge is 2.28. The Balaban J connectivity index is 2.47. The van der Waals surface area contributed by atoms with Gasteiger partial charge in [-0.1, -0.05) is 26.7 Å². The van der Waals surface area contributed by atoms with Crippen LogP contribution in [0.3, 0.4) is 0 Å². The van der Waals surface area contributed by atoms with E-state index in [1.807, 2.05) is 0 Å². The van der Waals surface area contributed by atoms with Gasteiger partial charge in [0, 0.05) is 6.04 Å². The van der Waals surface area contributed by atoms with E-state index in [4.69, 9.17) is 11.6 Å². The highest BCUT2D eigenvalue weighted by molar-refractivity contribution is 6.30. The summed E-state index contributed by atoms with van der Waals surface area (Å²) in [4.78, 5) is 11.4. The minimum atomic E-state index is -0.417. The molecule has 0 radical (unpaired) electrons. The largest absolute Gasteiger partial charge is 0.352 e. The van der Waals surface area contributed by atoms with Gasteiger partial charge in [0.25, 0.3) is 0 Å². The Morgan fingerprint density at radius 1 is 1.43 bits per heavy atom. The van der Waals surface area contributed by atoms with E-state index in [-0.39, 0.29) is 5.91 Å². The third kappa shape index (κ3) is 2.88. The van der Waals surface area contributed by atoms with Crippen molar-refractivity contribution in [1.82, 2.24) is 5.32 Å². The zero-order valence-corrected chi connectivity index (χ0v) is 9.97. The van der Waals surface area contributed by atoms with Gasteiger partial charge >= 0.3 is 0 Å². The van der Waals surface area contributed by atoms with Crippen molar-refractivity contribution in [3.05, 3.63) is 0 Å². The predicted octanol–water partition coefficient (Wildman–Crippen LogP) is 2.55. The Morgan fingerprint density at radius 3 is 2.64 bits per heavy atom. The fraction of sp³-hybridized carbons (Fsp3) is 0.909. The Hall–Kier alpha value is -0.240. The molecule has 14 heavy (non-hydrogen) atoms. The summed E-state index contributed by atoms with van der Waals surface area (Å²) < 4.78 is 0. The number of carbonyl (C=O) groups is 1. The highest BCUT2D eigenvalue weighted by atomic mass is 35.5. The van der Waals surface area contributed by atoms with E-state index in [9.17, 15) is 4.79 Å². The zero-order valence-electron chi connectivity index (χ0n) is 9.22. The summed E-state index contributed by atoms with van der Waals surface area (Å²) in [6.07, 6.45) is 3.60. The molecule has 0 aromatic heterocycles. The van der Waals surface area contributed by atoms with Gasteiger partial charge in [-0.3, -0.25) is 4.79 Å². The number of carbonyl (C=O) groups excluding carboxylic acids is 1. The first-order valence-electron chi connectivity index (χ1n) is 5.46. The SMILES string of the molecule is C[C@H]1[C@H](C)CCC[C@H]1NC(=O)[C@@H](C)Cl. The van der Waals surface area contributed by atoms with Crippen LogP contribution < -0.4 is 5.32 Å². The van der Waals surface area contributed by atoms with Crippen LogP contribution in [0, 0.1) is 11.8 Å².